The first kappa shape index (κ1) is 26.3. The lowest BCUT2D eigenvalue weighted by atomic mass is 10.1. The highest BCUT2D eigenvalue weighted by molar-refractivity contribution is 7.80. The first-order valence-corrected chi connectivity index (χ1v) is 11.9. The zero-order valence-electron chi connectivity index (χ0n) is 20.0. The van der Waals surface area contributed by atoms with Crippen LogP contribution in [0.5, 0.6) is 5.75 Å². The number of carbonyl (C=O) groups is 2. The van der Waals surface area contributed by atoms with Crippen molar-refractivity contribution in [2.45, 2.75) is 65.3 Å². The molecule has 0 aliphatic rings. The van der Waals surface area contributed by atoms with Gasteiger partial charge in [-0.15, -0.1) is 0 Å². The van der Waals surface area contributed by atoms with E-state index >= 15 is 0 Å². The van der Waals surface area contributed by atoms with E-state index in [-0.39, 0.29) is 22.5 Å². The van der Waals surface area contributed by atoms with E-state index in [1.165, 1.54) is 25.7 Å². The second kappa shape index (κ2) is 12.9. The second-order valence-electron chi connectivity index (χ2n) is 8.98. The van der Waals surface area contributed by atoms with Crippen LogP contribution in [-0.2, 0) is 0 Å². The SMILES string of the molecule is CCCCCCCOc1ccc(C(=O)NC(=S)Nc2cccc(C(=O)NC(C)(C)C)c2)cc1. The van der Waals surface area contributed by atoms with Gasteiger partial charge in [0, 0.05) is 22.4 Å². The standard InChI is InChI=1S/C26H35N3O3S/c1-5-6-7-8-9-17-32-22-15-13-19(14-16-22)23(30)28-25(33)27-21-12-10-11-20(18-21)24(31)29-26(2,3)4/h10-16,18H,5-9,17H2,1-4H3,(H,29,31)(H2,27,28,30,33). The fourth-order valence-electron chi connectivity index (χ4n) is 3.09. The number of nitrogens with one attached hydrogen (secondary N) is 3. The second-order valence-corrected chi connectivity index (χ2v) is 9.39. The molecule has 0 unspecified atom stereocenters. The summed E-state index contributed by atoms with van der Waals surface area (Å²) in [5, 5.41) is 8.69. The summed E-state index contributed by atoms with van der Waals surface area (Å²) in [4.78, 5) is 24.9. The number of benzene rings is 2. The largest absolute Gasteiger partial charge is 0.494 e. The number of unbranched alkanes of at least 4 members (excludes halogenated alkanes) is 4. The third-order valence-electron chi connectivity index (χ3n) is 4.73. The molecule has 0 radical (unpaired) electrons. The summed E-state index contributed by atoms with van der Waals surface area (Å²) in [7, 11) is 0. The maximum absolute atomic E-state index is 12.5. The molecule has 3 N–H and O–H groups in total. The molecule has 0 fully saturated rings. The van der Waals surface area contributed by atoms with Crippen LogP contribution in [0.25, 0.3) is 0 Å². The molecule has 0 heterocycles. The number of thiocarbonyl (C=S) groups is 1. The molecule has 0 saturated heterocycles. The Balaban J connectivity index is 1.84. The predicted molar refractivity (Wildman–Crippen MR) is 138 cm³/mol. The van der Waals surface area contributed by atoms with Gasteiger partial charge in [0.2, 0.25) is 0 Å². The van der Waals surface area contributed by atoms with Crippen LogP contribution in [0.1, 0.15) is 80.5 Å². The monoisotopic (exact) mass is 469 g/mol. The van der Waals surface area contributed by atoms with Gasteiger partial charge < -0.3 is 15.4 Å². The smallest absolute Gasteiger partial charge is 0.257 e. The van der Waals surface area contributed by atoms with Crippen molar-refractivity contribution >= 4 is 34.8 Å². The highest BCUT2D eigenvalue weighted by atomic mass is 32.1. The molecule has 0 spiro atoms. The molecule has 2 rings (SSSR count). The maximum atomic E-state index is 12.5. The van der Waals surface area contributed by atoms with Crippen LogP contribution >= 0.6 is 12.2 Å². The number of carbonyl (C=O) groups excluding carboxylic acids is 2. The quantitative estimate of drug-likeness (QED) is 0.308. The minimum absolute atomic E-state index is 0.154. The van der Waals surface area contributed by atoms with Crippen LogP contribution in [0.3, 0.4) is 0 Å². The molecule has 2 aromatic rings. The summed E-state index contributed by atoms with van der Waals surface area (Å²) < 4.78 is 5.74. The molecular formula is C26H35N3O3S. The summed E-state index contributed by atoms with van der Waals surface area (Å²) in [5.41, 5.74) is 1.27. The topological polar surface area (TPSA) is 79.5 Å². The zero-order chi connectivity index (χ0) is 24.3. The molecule has 6 nitrogen and oxygen atoms in total. The normalized spacial score (nSPS) is 10.9. The Hall–Kier alpha value is -2.93. The van der Waals surface area contributed by atoms with Crippen LogP contribution in [-0.4, -0.2) is 29.1 Å². The molecule has 0 aliphatic heterocycles. The number of hydrogen-bond acceptors (Lipinski definition) is 4. The molecule has 0 aromatic heterocycles. The summed E-state index contributed by atoms with van der Waals surface area (Å²) in [6.07, 6.45) is 5.92. The van der Waals surface area contributed by atoms with Crippen molar-refractivity contribution in [2.24, 2.45) is 0 Å². The Labute approximate surface area is 202 Å². The van der Waals surface area contributed by atoms with E-state index in [1.54, 1.807) is 48.5 Å². The van der Waals surface area contributed by atoms with Crippen LogP contribution < -0.4 is 20.7 Å². The van der Waals surface area contributed by atoms with E-state index in [4.69, 9.17) is 17.0 Å². The molecule has 178 valence electrons. The third kappa shape index (κ3) is 10.0. The van der Waals surface area contributed by atoms with E-state index in [9.17, 15) is 9.59 Å². The third-order valence-corrected chi connectivity index (χ3v) is 4.94. The molecule has 7 heteroatoms. The first-order valence-electron chi connectivity index (χ1n) is 11.5. The minimum atomic E-state index is -0.334. The molecule has 0 bridgehead atoms. The van der Waals surface area contributed by atoms with Gasteiger partial charge in [0.15, 0.2) is 5.11 Å². The van der Waals surface area contributed by atoms with E-state index < -0.39 is 0 Å². The van der Waals surface area contributed by atoms with Crippen molar-refractivity contribution in [3.8, 4) is 5.75 Å². The summed E-state index contributed by atoms with van der Waals surface area (Å²) in [6, 6.07) is 13.9. The van der Waals surface area contributed by atoms with Gasteiger partial charge in [0.05, 0.1) is 6.61 Å². The zero-order valence-corrected chi connectivity index (χ0v) is 20.8. The molecular weight excluding hydrogens is 434 g/mol. The number of anilines is 1. The highest BCUT2D eigenvalue weighted by Gasteiger charge is 2.16. The Morgan fingerprint density at radius 3 is 2.27 bits per heavy atom. The lowest BCUT2D eigenvalue weighted by Crippen LogP contribution is -2.40. The Kier molecular flexibility index (Phi) is 10.3. The van der Waals surface area contributed by atoms with E-state index in [1.807, 2.05) is 20.8 Å². The fraction of sp³-hybridized carbons (Fsp3) is 0.423. The average molecular weight is 470 g/mol. The van der Waals surface area contributed by atoms with Gasteiger partial charge >= 0.3 is 0 Å². The summed E-state index contributed by atoms with van der Waals surface area (Å²) >= 11 is 5.27. The average Bonchev–Trinajstić information content (AvgIpc) is 2.75. The molecule has 2 amide bonds. The van der Waals surface area contributed by atoms with Crippen LogP contribution in [0.2, 0.25) is 0 Å². The number of ether oxygens (including phenoxy) is 1. The van der Waals surface area contributed by atoms with Gasteiger partial charge in [-0.25, -0.2) is 0 Å². The van der Waals surface area contributed by atoms with Crippen molar-refractivity contribution < 1.29 is 14.3 Å². The van der Waals surface area contributed by atoms with Gasteiger partial charge in [-0.3, -0.25) is 14.9 Å². The Morgan fingerprint density at radius 2 is 1.61 bits per heavy atom. The highest BCUT2D eigenvalue weighted by Crippen LogP contribution is 2.15. The molecule has 0 aliphatic carbocycles. The Bertz CT molecular complexity index is 937. The minimum Gasteiger partial charge on any atom is -0.494 e. The Morgan fingerprint density at radius 1 is 0.909 bits per heavy atom. The first-order chi connectivity index (χ1) is 15.7. The summed E-state index contributed by atoms with van der Waals surface area (Å²) in [5.74, 6) is 0.248. The molecule has 0 atom stereocenters. The predicted octanol–water partition coefficient (Wildman–Crippen LogP) is 5.69. The van der Waals surface area contributed by atoms with Crippen LogP contribution in [0.15, 0.2) is 48.5 Å². The molecule has 0 saturated carbocycles. The molecule has 2 aromatic carbocycles. The molecule has 33 heavy (non-hydrogen) atoms. The van der Waals surface area contributed by atoms with Crippen molar-refractivity contribution in [3.63, 3.8) is 0 Å². The van der Waals surface area contributed by atoms with Crippen LogP contribution in [0, 0.1) is 0 Å². The lowest BCUT2D eigenvalue weighted by molar-refractivity contribution is 0.0918. The van der Waals surface area contributed by atoms with Gasteiger partial charge in [0.1, 0.15) is 5.75 Å². The van der Waals surface area contributed by atoms with E-state index in [2.05, 4.69) is 22.9 Å². The number of amides is 2. The summed E-state index contributed by atoms with van der Waals surface area (Å²) in [6.45, 7) is 8.64. The van der Waals surface area contributed by atoms with E-state index in [0.717, 1.165) is 12.2 Å². The van der Waals surface area contributed by atoms with Crippen molar-refractivity contribution in [1.29, 1.82) is 0 Å². The van der Waals surface area contributed by atoms with Gasteiger partial charge in [0.25, 0.3) is 11.8 Å². The number of rotatable bonds is 10. The van der Waals surface area contributed by atoms with E-state index in [0.29, 0.717) is 23.4 Å². The maximum Gasteiger partial charge on any atom is 0.257 e. The van der Waals surface area contributed by atoms with Crippen LogP contribution in [0.4, 0.5) is 5.69 Å². The van der Waals surface area contributed by atoms with Crippen molar-refractivity contribution in [1.82, 2.24) is 10.6 Å². The van der Waals surface area contributed by atoms with Crippen molar-refractivity contribution in [2.75, 3.05) is 11.9 Å². The van der Waals surface area contributed by atoms with Crippen molar-refractivity contribution in [3.05, 3.63) is 59.7 Å². The van der Waals surface area contributed by atoms with Gasteiger partial charge in [-0.2, -0.15) is 0 Å². The fourth-order valence-corrected chi connectivity index (χ4v) is 3.30. The van der Waals surface area contributed by atoms with Gasteiger partial charge in [-0.05, 0) is 81.9 Å². The van der Waals surface area contributed by atoms with Gasteiger partial charge in [-0.1, -0.05) is 38.7 Å². The number of hydrogen-bond donors (Lipinski definition) is 3. The lowest BCUT2D eigenvalue weighted by Gasteiger charge is -2.20.